The maximum atomic E-state index is 14.5. The SMILES string of the molecule is CC(OCc1ccccc1)[C@@H]1NC(=O)[C@H](CCCCN)NC(=O)[C@@H](Cc2c[nH]c3ccccc23)NC(=O)[C@H](Cc2ccccc2)NC(=O)[C@@H]2CCCN2C1=O. The summed E-state index contributed by atoms with van der Waals surface area (Å²) in [4.78, 5) is 76.2. The van der Waals surface area contributed by atoms with Crippen molar-refractivity contribution in [2.24, 2.45) is 5.73 Å². The number of hydrogen-bond acceptors (Lipinski definition) is 7. The molecule has 7 N–H and O–H groups in total. The zero-order valence-electron chi connectivity index (χ0n) is 31.2. The van der Waals surface area contributed by atoms with Gasteiger partial charge in [0.25, 0.3) is 0 Å². The van der Waals surface area contributed by atoms with Crippen LogP contribution >= 0.6 is 0 Å². The van der Waals surface area contributed by atoms with Crippen molar-refractivity contribution in [1.29, 1.82) is 0 Å². The number of benzene rings is 3. The second-order valence-electron chi connectivity index (χ2n) is 14.4. The third kappa shape index (κ3) is 9.97. The molecule has 290 valence electrons. The largest absolute Gasteiger partial charge is 0.371 e. The Labute approximate surface area is 321 Å². The molecule has 1 aromatic heterocycles. The van der Waals surface area contributed by atoms with Gasteiger partial charge in [-0.15, -0.1) is 0 Å². The van der Waals surface area contributed by atoms with Crippen LogP contribution in [0.3, 0.4) is 0 Å². The van der Waals surface area contributed by atoms with E-state index in [4.69, 9.17) is 10.5 Å². The van der Waals surface area contributed by atoms with Crippen molar-refractivity contribution in [3.63, 3.8) is 0 Å². The number of para-hydroxylation sites is 1. The van der Waals surface area contributed by atoms with E-state index >= 15 is 0 Å². The minimum absolute atomic E-state index is 0.104. The monoisotopic (exact) mass is 749 g/mol. The molecule has 0 saturated carbocycles. The Hall–Kier alpha value is -5.53. The smallest absolute Gasteiger partial charge is 0.248 e. The molecule has 2 saturated heterocycles. The number of rotatable bonds is 12. The van der Waals surface area contributed by atoms with Gasteiger partial charge < -0.3 is 41.6 Å². The molecule has 0 radical (unpaired) electrons. The molecule has 2 aliphatic heterocycles. The molecule has 3 aromatic carbocycles. The van der Waals surface area contributed by atoms with Gasteiger partial charge in [-0.2, -0.15) is 0 Å². The lowest BCUT2D eigenvalue weighted by atomic mass is 10.0. The number of nitrogens with zero attached hydrogens (tertiary/aromatic N) is 1. The Morgan fingerprint density at radius 3 is 2.07 bits per heavy atom. The number of carbonyl (C=O) groups excluding carboxylic acids is 5. The van der Waals surface area contributed by atoms with Crippen LogP contribution in [0.5, 0.6) is 0 Å². The Morgan fingerprint density at radius 1 is 0.727 bits per heavy atom. The predicted molar refractivity (Wildman–Crippen MR) is 208 cm³/mol. The molecule has 1 unspecified atom stereocenters. The Balaban J connectivity index is 1.37. The van der Waals surface area contributed by atoms with Crippen LogP contribution in [0.25, 0.3) is 10.9 Å². The first kappa shape index (κ1) is 39.2. The average Bonchev–Trinajstić information content (AvgIpc) is 3.86. The lowest BCUT2D eigenvalue weighted by Crippen LogP contribution is -2.60. The lowest BCUT2D eigenvalue weighted by Gasteiger charge is -2.33. The van der Waals surface area contributed by atoms with Gasteiger partial charge in [-0.05, 0) is 68.3 Å². The zero-order chi connectivity index (χ0) is 38.7. The van der Waals surface area contributed by atoms with E-state index in [1.165, 1.54) is 4.90 Å². The van der Waals surface area contributed by atoms with Crippen molar-refractivity contribution in [1.82, 2.24) is 31.2 Å². The third-order valence-electron chi connectivity index (χ3n) is 10.5. The molecule has 2 aliphatic rings. The van der Waals surface area contributed by atoms with E-state index in [1.807, 2.05) is 84.9 Å². The number of nitrogens with two attached hydrogens (primary N) is 1. The summed E-state index contributed by atoms with van der Waals surface area (Å²) in [5.74, 6) is -2.68. The van der Waals surface area contributed by atoms with Gasteiger partial charge in [0, 0.05) is 36.5 Å². The highest BCUT2D eigenvalue weighted by molar-refractivity contribution is 5.98. The number of aromatic amines is 1. The van der Waals surface area contributed by atoms with Crippen LogP contribution in [-0.4, -0.2) is 88.8 Å². The van der Waals surface area contributed by atoms with Crippen LogP contribution < -0.4 is 27.0 Å². The summed E-state index contributed by atoms with van der Waals surface area (Å²) in [5.41, 5.74) is 9.15. The number of carbonyl (C=O) groups is 5. The first-order valence-electron chi connectivity index (χ1n) is 19.2. The minimum atomic E-state index is -1.18. The topological polar surface area (TPSA) is 188 Å². The van der Waals surface area contributed by atoms with Gasteiger partial charge >= 0.3 is 0 Å². The number of ether oxygens (including phenoxy) is 1. The second kappa shape index (κ2) is 18.7. The van der Waals surface area contributed by atoms with Crippen molar-refractivity contribution in [2.75, 3.05) is 13.1 Å². The molecule has 6 atom stereocenters. The van der Waals surface area contributed by atoms with Crippen molar-refractivity contribution >= 4 is 40.4 Å². The highest BCUT2D eigenvalue weighted by Gasteiger charge is 2.42. The number of amides is 5. The van der Waals surface area contributed by atoms with Gasteiger partial charge in [0.05, 0.1) is 12.7 Å². The van der Waals surface area contributed by atoms with Gasteiger partial charge in [-0.3, -0.25) is 24.0 Å². The first-order chi connectivity index (χ1) is 26.7. The van der Waals surface area contributed by atoms with Crippen molar-refractivity contribution in [2.45, 2.75) is 94.8 Å². The van der Waals surface area contributed by atoms with E-state index in [9.17, 15) is 24.0 Å². The maximum Gasteiger partial charge on any atom is 0.248 e. The van der Waals surface area contributed by atoms with Crippen molar-refractivity contribution in [3.8, 4) is 0 Å². The number of H-pyrrole nitrogens is 1. The summed E-state index contributed by atoms with van der Waals surface area (Å²) in [6.07, 6.45) is 3.56. The Morgan fingerprint density at radius 2 is 1.35 bits per heavy atom. The molecular formula is C42H51N7O6. The van der Waals surface area contributed by atoms with E-state index in [-0.39, 0.29) is 32.4 Å². The van der Waals surface area contributed by atoms with Gasteiger partial charge in [-0.1, -0.05) is 78.9 Å². The Kier molecular flexibility index (Phi) is 13.3. The number of fused-ring (bicyclic) bond motifs is 2. The van der Waals surface area contributed by atoms with Crippen LogP contribution in [0.4, 0.5) is 0 Å². The van der Waals surface area contributed by atoms with Crippen molar-refractivity contribution < 1.29 is 28.7 Å². The predicted octanol–water partition coefficient (Wildman–Crippen LogP) is 2.63. The summed E-state index contributed by atoms with van der Waals surface area (Å²) in [5, 5.41) is 12.6. The highest BCUT2D eigenvalue weighted by Crippen LogP contribution is 2.23. The molecule has 3 heterocycles. The normalized spacial score (nSPS) is 23.2. The molecule has 0 spiro atoms. The molecular weight excluding hydrogens is 699 g/mol. The average molecular weight is 750 g/mol. The molecule has 0 aliphatic carbocycles. The quantitative estimate of drug-likeness (QED) is 0.120. The number of hydrogen-bond donors (Lipinski definition) is 6. The molecule has 13 heteroatoms. The van der Waals surface area contributed by atoms with Crippen LogP contribution in [0.1, 0.15) is 55.7 Å². The lowest BCUT2D eigenvalue weighted by molar-refractivity contribution is -0.146. The molecule has 4 aromatic rings. The first-order valence-corrected chi connectivity index (χ1v) is 19.2. The van der Waals surface area contributed by atoms with E-state index in [2.05, 4.69) is 26.3 Å². The van der Waals surface area contributed by atoms with Crippen LogP contribution in [-0.2, 0) is 48.2 Å². The molecule has 2 fully saturated rings. The maximum absolute atomic E-state index is 14.5. The van der Waals surface area contributed by atoms with Crippen LogP contribution in [0.15, 0.2) is 91.1 Å². The van der Waals surface area contributed by atoms with E-state index in [0.29, 0.717) is 32.2 Å². The summed E-state index contributed by atoms with van der Waals surface area (Å²) in [6, 6.07) is 21.1. The number of unbranched alkanes of at least 4 members (excludes halogenated alkanes) is 1. The number of nitrogens with one attached hydrogen (secondary N) is 5. The molecule has 13 nitrogen and oxygen atoms in total. The fourth-order valence-electron chi connectivity index (χ4n) is 7.38. The minimum Gasteiger partial charge on any atom is -0.371 e. The summed E-state index contributed by atoms with van der Waals surface area (Å²) < 4.78 is 6.19. The summed E-state index contributed by atoms with van der Waals surface area (Å²) in [6.45, 7) is 2.58. The fourth-order valence-corrected chi connectivity index (χ4v) is 7.38. The third-order valence-corrected chi connectivity index (χ3v) is 10.5. The van der Waals surface area contributed by atoms with Gasteiger partial charge in [0.1, 0.15) is 30.2 Å². The van der Waals surface area contributed by atoms with Gasteiger partial charge in [0.2, 0.25) is 29.5 Å². The van der Waals surface area contributed by atoms with Gasteiger partial charge in [0.15, 0.2) is 0 Å². The summed E-state index contributed by atoms with van der Waals surface area (Å²) >= 11 is 0. The van der Waals surface area contributed by atoms with Crippen LogP contribution in [0, 0.1) is 0 Å². The highest BCUT2D eigenvalue weighted by atomic mass is 16.5. The Bertz CT molecular complexity index is 1940. The van der Waals surface area contributed by atoms with Crippen LogP contribution in [0.2, 0.25) is 0 Å². The number of aromatic nitrogens is 1. The molecule has 6 rings (SSSR count). The van der Waals surface area contributed by atoms with Gasteiger partial charge in [-0.25, -0.2) is 0 Å². The second-order valence-corrected chi connectivity index (χ2v) is 14.4. The molecule has 0 bridgehead atoms. The zero-order valence-corrected chi connectivity index (χ0v) is 31.2. The van der Waals surface area contributed by atoms with Crippen molar-refractivity contribution in [3.05, 3.63) is 108 Å². The summed E-state index contributed by atoms with van der Waals surface area (Å²) in [7, 11) is 0. The standard InChI is InChI=1S/C42H51N7O6/c1-27(55-26-29-15-6-3-7-16-29)37-42(54)49-22-12-20-36(49)41(53)47-34(23-28-13-4-2-5-14-28)39(51)46-35(24-30-25-44-32-18-9-8-17-31(30)32)40(52)45-33(38(50)48-37)19-10-11-21-43/h2-9,13-18,25,27,33-37,44H,10-12,19-24,26,43H2,1H3,(H,45,52)(H,46,51)(H,47,53)(H,48,50)/t27?,33-,34-,35+,36-,37-/m0/s1. The molecule has 55 heavy (non-hydrogen) atoms. The fraction of sp³-hybridized carbons (Fsp3) is 0.405. The molecule has 5 amide bonds. The van der Waals surface area contributed by atoms with E-state index < -0.39 is 65.8 Å². The van der Waals surface area contributed by atoms with E-state index in [0.717, 1.165) is 27.6 Å². The van der Waals surface area contributed by atoms with E-state index in [1.54, 1.807) is 13.1 Å².